The number of hydrogen-bond donors (Lipinski definition) is 0. The van der Waals surface area contributed by atoms with Crippen molar-refractivity contribution in [3.05, 3.63) is 40.7 Å². The third kappa shape index (κ3) is 2.17. The second kappa shape index (κ2) is 4.39. The molecule has 0 N–H and O–H groups in total. The van der Waals surface area contributed by atoms with Crippen LogP contribution in [0.3, 0.4) is 0 Å². The quantitative estimate of drug-likeness (QED) is 0.797. The molecule has 0 aliphatic carbocycles. The lowest BCUT2D eigenvalue weighted by Crippen LogP contribution is -2.15. The van der Waals surface area contributed by atoms with E-state index in [0.29, 0.717) is 10.2 Å². The Morgan fingerprint density at radius 2 is 1.95 bits per heavy atom. The number of alkyl halides is 3. The number of nitriles is 1. The fourth-order valence-electron chi connectivity index (χ4n) is 1.75. The van der Waals surface area contributed by atoms with Crippen molar-refractivity contribution in [2.24, 2.45) is 0 Å². The highest BCUT2D eigenvalue weighted by atomic mass is 19.4. The van der Waals surface area contributed by atoms with Gasteiger partial charge in [-0.2, -0.15) is 18.4 Å². The topological polar surface area (TPSA) is 54.5 Å². The fraction of sp³-hybridized carbons (Fsp3) is 0.250. The van der Waals surface area contributed by atoms with Gasteiger partial charge in [0.2, 0.25) is 0 Å². The number of aryl methyl sites for hydroxylation is 1. The van der Waals surface area contributed by atoms with Crippen molar-refractivity contribution in [3.63, 3.8) is 0 Å². The van der Waals surface area contributed by atoms with Crippen LogP contribution in [0, 0.1) is 25.2 Å². The molecule has 0 atom stereocenters. The fourth-order valence-corrected chi connectivity index (χ4v) is 1.75. The summed E-state index contributed by atoms with van der Waals surface area (Å²) in [7, 11) is 0. The second-order valence-electron chi connectivity index (χ2n) is 4.03. The smallest absolute Gasteiger partial charge is 0.207 e. The minimum absolute atomic E-state index is 0.265. The molecule has 19 heavy (non-hydrogen) atoms. The average Bonchev–Trinajstić information content (AvgIpc) is 2.76. The third-order valence-electron chi connectivity index (χ3n) is 2.85. The van der Waals surface area contributed by atoms with Crippen LogP contribution in [0.1, 0.15) is 22.5 Å². The average molecular weight is 266 g/mol. The maximum Gasteiger partial charge on any atom is 0.436 e. The predicted molar refractivity (Wildman–Crippen MR) is 60.6 cm³/mol. The van der Waals surface area contributed by atoms with Crippen molar-refractivity contribution in [1.82, 2.24) is 15.0 Å². The van der Waals surface area contributed by atoms with E-state index in [4.69, 9.17) is 5.26 Å². The molecule has 0 spiro atoms. The summed E-state index contributed by atoms with van der Waals surface area (Å²) in [6.07, 6.45) is -4.69. The molecule has 0 radical (unpaired) electrons. The first-order valence-electron chi connectivity index (χ1n) is 5.36. The van der Waals surface area contributed by atoms with Gasteiger partial charge in [-0.25, -0.2) is 4.68 Å². The predicted octanol–water partition coefficient (Wildman–Crippen LogP) is 2.77. The van der Waals surface area contributed by atoms with Gasteiger partial charge in [-0.3, -0.25) is 0 Å². The van der Waals surface area contributed by atoms with E-state index in [2.05, 4.69) is 10.3 Å². The van der Waals surface area contributed by atoms with E-state index in [-0.39, 0.29) is 5.69 Å². The molecular weight excluding hydrogens is 257 g/mol. The van der Waals surface area contributed by atoms with Crippen molar-refractivity contribution >= 4 is 0 Å². The van der Waals surface area contributed by atoms with E-state index in [9.17, 15) is 13.2 Å². The Labute approximate surface area is 107 Å². The van der Waals surface area contributed by atoms with Gasteiger partial charge in [0.25, 0.3) is 0 Å². The van der Waals surface area contributed by atoms with Gasteiger partial charge in [-0.1, -0.05) is 17.3 Å². The molecule has 0 unspecified atom stereocenters. The van der Waals surface area contributed by atoms with Crippen molar-refractivity contribution in [2.45, 2.75) is 20.0 Å². The summed E-state index contributed by atoms with van der Waals surface area (Å²) in [5.41, 5.74) is -0.125. The van der Waals surface area contributed by atoms with Crippen LogP contribution < -0.4 is 0 Å². The van der Waals surface area contributed by atoms with Crippen molar-refractivity contribution in [3.8, 4) is 11.8 Å². The molecule has 0 aliphatic heterocycles. The maximum atomic E-state index is 13.0. The highest BCUT2D eigenvalue weighted by Crippen LogP contribution is 2.33. The normalized spacial score (nSPS) is 11.4. The van der Waals surface area contributed by atoms with Gasteiger partial charge >= 0.3 is 6.18 Å². The zero-order chi connectivity index (χ0) is 14.2. The van der Waals surface area contributed by atoms with E-state index in [1.54, 1.807) is 26.0 Å². The maximum absolute atomic E-state index is 13.0. The molecular formula is C12H9F3N4. The summed E-state index contributed by atoms with van der Waals surface area (Å²) in [5, 5.41) is 15.4. The van der Waals surface area contributed by atoms with E-state index in [1.807, 2.05) is 0 Å². The van der Waals surface area contributed by atoms with Crippen LogP contribution >= 0.6 is 0 Å². The zero-order valence-corrected chi connectivity index (χ0v) is 10.2. The summed E-state index contributed by atoms with van der Waals surface area (Å²) in [5.74, 6) is 0. The van der Waals surface area contributed by atoms with Gasteiger partial charge in [0.15, 0.2) is 11.4 Å². The third-order valence-corrected chi connectivity index (χ3v) is 2.85. The Bertz CT molecular complexity index is 665. The monoisotopic (exact) mass is 266 g/mol. The number of benzene rings is 1. The van der Waals surface area contributed by atoms with Crippen LogP contribution in [0.5, 0.6) is 0 Å². The molecule has 0 fully saturated rings. The Morgan fingerprint density at radius 3 is 2.53 bits per heavy atom. The van der Waals surface area contributed by atoms with Gasteiger partial charge in [0, 0.05) is 0 Å². The molecule has 0 bridgehead atoms. The Kier molecular flexibility index (Phi) is 3.02. The lowest BCUT2D eigenvalue weighted by molar-refractivity contribution is -0.143. The van der Waals surface area contributed by atoms with Crippen molar-refractivity contribution in [1.29, 1.82) is 5.26 Å². The Balaban J connectivity index is 2.75. The molecule has 0 saturated heterocycles. The Hall–Kier alpha value is -2.36. The molecule has 2 aromatic rings. The summed E-state index contributed by atoms with van der Waals surface area (Å²) in [6, 6.07) is 6.34. The molecule has 0 amide bonds. The van der Waals surface area contributed by atoms with Crippen molar-refractivity contribution in [2.75, 3.05) is 0 Å². The van der Waals surface area contributed by atoms with Crippen LogP contribution in [0.2, 0.25) is 0 Å². The second-order valence-corrected chi connectivity index (χ2v) is 4.03. The lowest BCUT2D eigenvalue weighted by atomic mass is 10.1. The first-order valence-corrected chi connectivity index (χ1v) is 5.36. The van der Waals surface area contributed by atoms with Gasteiger partial charge in [0.05, 0.1) is 5.69 Å². The highest BCUT2D eigenvalue weighted by molar-refractivity contribution is 5.46. The van der Waals surface area contributed by atoms with Crippen LogP contribution in [-0.2, 0) is 6.18 Å². The number of aromatic nitrogens is 3. The molecule has 1 aromatic heterocycles. The van der Waals surface area contributed by atoms with Gasteiger partial charge < -0.3 is 0 Å². The molecule has 1 aromatic carbocycles. The van der Waals surface area contributed by atoms with Crippen LogP contribution in [0.4, 0.5) is 13.2 Å². The first-order chi connectivity index (χ1) is 8.86. The summed E-state index contributed by atoms with van der Waals surface area (Å²) >= 11 is 0. The molecule has 2 rings (SSSR count). The highest BCUT2D eigenvalue weighted by Gasteiger charge is 2.40. The minimum Gasteiger partial charge on any atom is -0.207 e. The van der Waals surface area contributed by atoms with Gasteiger partial charge in [-0.05, 0) is 31.0 Å². The standard InChI is InChI=1S/C12H9F3N4/c1-7-4-3-5-10(8(7)2)19-11(12(13,14)15)9(6-16)17-18-19/h3-5H,1-2H3. The summed E-state index contributed by atoms with van der Waals surface area (Å²) < 4.78 is 39.7. The van der Waals surface area contributed by atoms with Crippen LogP contribution in [-0.4, -0.2) is 15.0 Å². The zero-order valence-electron chi connectivity index (χ0n) is 10.2. The van der Waals surface area contributed by atoms with E-state index >= 15 is 0 Å². The molecule has 0 aliphatic rings. The molecule has 1 heterocycles. The van der Waals surface area contributed by atoms with Gasteiger partial charge in [-0.15, -0.1) is 5.10 Å². The van der Waals surface area contributed by atoms with Crippen LogP contribution in [0.15, 0.2) is 18.2 Å². The largest absolute Gasteiger partial charge is 0.436 e. The number of nitrogens with zero attached hydrogens (tertiary/aromatic N) is 4. The Morgan fingerprint density at radius 1 is 1.26 bits per heavy atom. The number of hydrogen-bond acceptors (Lipinski definition) is 3. The van der Waals surface area contributed by atoms with E-state index in [0.717, 1.165) is 5.56 Å². The SMILES string of the molecule is Cc1cccc(-n2nnc(C#N)c2C(F)(F)F)c1C. The molecule has 0 saturated carbocycles. The molecule has 7 heteroatoms. The van der Waals surface area contributed by atoms with Crippen molar-refractivity contribution < 1.29 is 13.2 Å². The van der Waals surface area contributed by atoms with Gasteiger partial charge in [0.1, 0.15) is 6.07 Å². The summed E-state index contributed by atoms with van der Waals surface area (Å²) in [6.45, 7) is 3.48. The molecule has 98 valence electrons. The number of rotatable bonds is 1. The molecule has 4 nitrogen and oxygen atoms in total. The number of halogens is 3. The van der Waals surface area contributed by atoms with E-state index < -0.39 is 17.6 Å². The first kappa shape index (κ1) is 13.1. The van der Waals surface area contributed by atoms with Crippen LogP contribution in [0.25, 0.3) is 5.69 Å². The minimum atomic E-state index is -4.69. The lowest BCUT2D eigenvalue weighted by Gasteiger charge is -2.12. The summed E-state index contributed by atoms with van der Waals surface area (Å²) in [4.78, 5) is 0. The van der Waals surface area contributed by atoms with E-state index in [1.165, 1.54) is 12.1 Å².